The Morgan fingerprint density at radius 1 is 1.22 bits per heavy atom. The van der Waals surface area contributed by atoms with Crippen LogP contribution in [0.4, 0.5) is 18.9 Å². The van der Waals surface area contributed by atoms with Gasteiger partial charge in [-0.3, -0.25) is 14.2 Å². The molecule has 2 atom stereocenters. The molecule has 1 unspecified atom stereocenters. The van der Waals surface area contributed by atoms with Gasteiger partial charge in [0.25, 0.3) is 5.56 Å². The minimum absolute atomic E-state index is 0.152. The van der Waals surface area contributed by atoms with Gasteiger partial charge < -0.3 is 10.1 Å². The van der Waals surface area contributed by atoms with Crippen LogP contribution in [-0.2, 0) is 35.1 Å². The molecule has 1 N–H and O–H groups in total. The van der Waals surface area contributed by atoms with Gasteiger partial charge in [0.1, 0.15) is 17.6 Å². The van der Waals surface area contributed by atoms with Crippen molar-refractivity contribution in [2.24, 2.45) is 0 Å². The number of fused-ring (bicyclic) bond motifs is 1. The summed E-state index contributed by atoms with van der Waals surface area (Å²) < 4.78 is 46.3. The fraction of sp³-hybridized carbons (Fsp3) is 0.346. The smallest absolute Gasteiger partial charge is 0.416 e. The normalized spacial score (nSPS) is 17.1. The van der Waals surface area contributed by atoms with Gasteiger partial charge in [0.2, 0.25) is 0 Å². The van der Waals surface area contributed by atoms with E-state index in [2.05, 4.69) is 10.3 Å². The van der Waals surface area contributed by atoms with E-state index in [9.17, 15) is 22.8 Å². The van der Waals surface area contributed by atoms with Gasteiger partial charge in [-0.25, -0.2) is 4.98 Å². The topological polar surface area (TPSA) is 73.2 Å². The molecular formula is C26H25ClF3N3O3. The van der Waals surface area contributed by atoms with E-state index in [-0.39, 0.29) is 34.2 Å². The number of nitrogens with zero attached hydrogens (tertiary/aromatic N) is 2. The third-order valence-electron chi connectivity index (χ3n) is 6.23. The molecule has 0 aliphatic heterocycles. The Kier molecular flexibility index (Phi) is 7.13. The van der Waals surface area contributed by atoms with E-state index in [1.807, 2.05) is 31.2 Å². The van der Waals surface area contributed by atoms with Crippen LogP contribution in [0.2, 0.25) is 5.02 Å². The van der Waals surface area contributed by atoms with Crippen molar-refractivity contribution in [3.05, 3.63) is 80.2 Å². The summed E-state index contributed by atoms with van der Waals surface area (Å²) in [6.45, 7) is 5.12. The maximum Gasteiger partial charge on any atom is 0.416 e. The van der Waals surface area contributed by atoms with Crippen LogP contribution in [0, 0.1) is 0 Å². The zero-order valence-electron chi connectivity index (χ0n) is 19.9. The number of hydrogen-bond donors (Lipinski definition) is 1. The van der Waals surface area contributed by atoms with Crippen LogP contribution < -0.4 is 10.9 Å². The number of aromatic nitrogens is 2. The summed E-state index contributed by atoms with van der Waals surface area (Å²) in [5, 5.41) is 3.13. The number of benzene rings is 2. The number of nitrogens with one attached hydrogen (secondary N) is 1. The van der Waals surface area contributed by atoms with Crippen LogP contribution >= 0.6 is 11.6 Å². The van der Waals surface area contributed by atoms with Crippen LogP contribution in [0.1, 0.15) is 49.2 Å². The van der Waals surface area contributed by atoms with Gasteiger partial charge >= 0.3 is 12.1 Å². The second kappa shape index (κ2) is 9.97. The van der Waals surface area contributed by atoms with Crippen molar-refractivity contribution in [2.75, 3.05) is 5.32 Å². The molecule has 1 aliphatic carbocycles. The first kappa shape index (κ1) is 25.8. The Hall–Kier alpha value is -3.33. The standard InChI is InChI=1S/C26H25ClF3N3O3/c1-4-20-23(32-22-17-9-7-6-8-15(17)12-21(22)36-14(3)34)25(35)33(5-2)24(31-20)18-11-10-16(13-19(18)27)26(28,29)30/h6-11,13,21-22,32H,4-5,12H2,1-3H3/t21-,22?/m0/s1. The number of esters is 1. The molecule has 4 rings (SSSR count). The van der Waals surface area contributed by atoms with Gasteiger partial charge in [-0.15, -0.1) is 0 Å². The molecule has 0 saturated heterocycles. The molecule has 1 aromatic heterocycles. The summed E-state index contributed by atoms with van der Waals surface area (Å²) >= 11 is 6.23. The fourth-order valence-corrected chi connectivity index (χ4v) is 4.84. The number of alkyl halides is 3. The van der Waals surface area contributed by atoms with Crippen molar-refractivity contribution in [3.63, 3.8) is 0 Å². The molecule has 6 nitrogen and oxygen atoms in total. The fourth-order valence-electron chi connectivity index (χ4n) is 4.58. The number of rotatable bonds is 6. The lowest BCUT2D eigenvalue weighted by atomic mass is 10.1. The number of aryl methyl sites for hydroxylation is 1. The minimum Gasteiger partial charge on any atom is -0.460 e. The number of ether oxygens (including phenoxy) is 1. The highest BCUT2D eigenvalue weighted by molar-refractivity contribution is 6.33. The van der Waals surface area contributed by atoms with Crippen LogP contribution in [0.3, 0.4) is 0 Å². The second-order valence-electron chi connectivity index (χ2n) is 8.53. The first-order chi connectivity index (χ1) is 17.0. The van der Waals surface area contributed by atoms with Gasteiger partial charge in [0.05, 0.1) is 22.3 Å². The van der Waals surface area contributed by atoms with E-state index in [0.717, 1.165) is 23.3 Å². The van der Waals surface area contributed by atoms with E-state index in [4.69, 9.17) is 16.3 Å². The first-order valence-corrected chi connectivity index (χ1v) is 11.9. The van der Waals surface area contributed by atoms with Crippen molar-refractivity contribution in [1.29, 1.82) is 0 Å². The van der Waals surface area contributed by atoms with Crippen LogP contribution in [0.5, 0.6) is 0 Å². The lowest BCUT2D eigenvalue weighted by molar-refractivity contribution is -0.146. The Labute approximate surface area is 211 Å². The highest BCUT2D eigenvalue weighted by atomic mass is 35.5. The van der Waals surface area contributed by atoms with E-state index in [1.54, 1.807) is 6.92 Å². The third kappa shape index (κ3) is 4.84. The quantitative estimate of drug-likeness (QED) is 0.416. The molecule has 36 heavy (non-hydrogen) atoms. The molecule has 0 bridgehead atoms. The van der Waals surface area contributed by atoms with Crippen molar-refractivity contribution in [2.45, 2.75) is 58.5 Å². The third-order valence-corrected chi connectivity index (χ3v) is 6.55. The maximum absolute atomic E-state index is 13.7. The predicted octanol–water partition coefficient (Wildman–Crippen LogP) is 5.81. The SMILES string of the molecule is CCc1nc(-c2ccc(C(F)(F)F)cc2Cl)n(CC)c(=O)c1NC1c2ccccc2C[C@@H]1OC(C)=O. The maximum atomic E-state index is 13.7. The molecule has 0 spiro atoms. The van der Waals surface area contributed by atoms with Crippen molar-refractivity contribution >= 4 is 23.3 Å². The van der Waals surface area contributed by atoms with Crippen molar-refractivity contribution < 1.29 is 22.7 Å². The van der Waals surface area contributed by atoms with Gasteiger partial charge in [0, 0.05) is 25.5 Å². The Morgan fingerprint density at radius 2 is 1.94 bits per heavy atom. The van der Waals surface area contributed by atoms with Crippen molar-refractivity contribution in [3.8, 4) is 11.4 Å². The number of halogens is 4. The van der Waals surface area contributed by atoms with E-state index < -0.39 is 29.9 Å². The number of carbonyl (C=O) groups excluding carboxylic acids is 1. The zero-order chi connectivity index (χ0) is 26.2. The summed E-state index contributed by atoms with van der Waals surface area (Å²) in [4.78, 5) is 30.1. The minimum atomic E-state index is -4.54. The van der Waals surface area contributed by atoms with Gasteiger partial charge in [-0.05, 0) is 42.7 Å². The predicted molar refractivity (Wildman–Crippen MR) is 131 cm³/mol. The molecule has 190 valence electrons. The molecular weight excluding hydrogens is 495 g/mol. The summed E-state index contributed by atoms with van der Waals surface area (Å²) in [7, 11) is 0. The van der Waals surface area contributed by atoms with Gasteiger partial charge in [0.15, 0.2) is 0 Å². The van der Waals surface area contributed by atoms with E-state index in [1.165, 1.54) is 17.6 Å². The summed E-state index contributed by atoms with van der Waals surface area (Å²) in [5.74, 6) is -0.237. The average molecular weight is 520 g/mol. The average Bonchev–Trinajstić information content (AvgIpc) is 3.15. The van der Waals surface area contributed by atoms with Gasteiger partial charge in [-0.1, -0.05) is 42.8 Å². The van der Waals surface area contributed by atoms with Crippen molar-refractivity contribution in [1.82, 2.24) is 9.55 Å². The molecule has 3 aromatic rings. The van der Waals surface area contributed by atoms with Crippen LogP contribution in [0.15, 0.2) is 47.3 Å². The Bertz CT molecular complexity index is 1370. The monoisotopic (exact) mass is 519 g/mol. The first-order valence-electron chi connectivity index (χ1n) is 11.6. The summed E-state index contributed by atoms with van der Waals surface area (Å²) in [5.41, 5.74) is 1.58. The largest absolute Gasteiger partial charge is 0.460 e. The van der Waals surface area contributed by atoms with Crippen LogP contribution in [-0.4, -0.2) is 21.6 Å². The lowest BCUT2D eigenvalue weighted by Gasteiger charge is -2.24. The molecule has 10 heteroatoms. The molecule has 0 fully saturated rings. The Balaban J connectivity index is 1.81. The zero-order valence-corrected chi connectivity index (χ0v) is 20.7. The molecule has 1 aliphatic rings. The lowest BCUT2D eigenvalue weighted by Crippen LogP contribution is -2.32. The highest BCUT2D eigenvalue weighted by Gasteiger charge is 2.36. The molecule has 1 heterocycles. The molecule has 0 radical (unpaired) electrons. The van der Waals surface area contributed by atoms with E-state index >= 15 is 0 Å². The highest BCUT2D eigenvalue weighted by Crippen LogP contribution is 2.38. The summed E-state index contributed by atoms with van der Waals surface area (Å²) in [6, 6.07) is 10.2. The number of hydrogen-bond acceptors (Lipinski definition) is 5. The molecule has 0 amide bonds. The van der Waals surface area contributed by atoms with Gasteiger partial charge in [-0.2, -0.15) is 13.2 Å². The summed E-state index contributed by atoms with van der Waals surface area (Å²) in [6.07, 6.45) is -4.18. The Morgan fingerprint density at radius 3 is 2.56 bits per heavy atom. The molecule has 0 saturated carbocycles. The van der Waals surface area contributed by atoms with Crippen LogP contribution in [0.25, 0.3) is 11.4 Å². The number of carbonyl (C=O) groups is 1. The second-order valence-corrected chi connectivity index (χ2v) is 8.93. The van der Waals surface area contributed by atoms with E-state index in [0.29, 0.717) is 18.5 Å². The molecule has 2 aromatic carbocycles. The number of anilines is 1.